The molecule has 1 fully saturated rings. The van der Waals surface area contributed by atoms with E-state index >= 15 is 0 Å². The van der Waals surface area contributed by atoms with Crippen LogP contribution in [0.5, 0.6) is 0 Å². The lowest BCUT2D eigenvalue weighted by molar-refractivity contribution is -0.255. The molecule has 0 aliphatic carbocycles. The summed E-state index contributed by atoms with van der Waals surface area (Å²) in [5.74, 6) is -1.84. The number of benzene rings is 1. The van der Waals surface area contributed by atoms with Crippen molar-refractivity contribution in [2.75, 3.05) is 18.4 Å². The van der Waals surface area contributed by atoms with E-state index in [1.807, 2.05) is 0 Å². The first kappa shape index (κ1) is 18.6. The number of nitrogens with one attached hydrogen (secondary N) is 1. The van der Waals surface area contributed by atoms with Gasteiger partial charge in [-0.2, -0.15) is 4.31 Å². The Morgan fingerprint density at radius 3 is 2.54 bits per heavy atom. The summed E-state index contributed by atoms with van der Waals surface area (Å²) in [4.78, 5) is 23.6. The minimum absolute atomic E-state index is 0.0534. The number of carbonyl (C=O) groups excluding carboxylic acids is 2. The molecule has 1 aromatic carbocycles. The smallest absolute Gasteiger partial charge is 0.265 e. The van der Waals surface area contributed by atoms with Gasteiger partial charge in [-0.15, -0.1) is 11.3 Å². The van der Waals surface area contributed by atoms with Gasteiger partial charge in [-0.3, -0.25) is 4.79 Å². The molecule has 2 aromatic rings. The van der Waals surface area contributed by atoms with Crippen molar-refractivity contribution < 1.29 is 23.1 Å². The molecule has 0 spiro atoms. The molecule has 1 amide bonds. The molecule has 138 valence electrons. The summed E-state index contributed by atoms with van der Waals surface area (Å²) in [7, 11) is -3.59. The Balaban J connectivity index is 1.76. The van der Waals surface area contributed by atoms with Gasteiger partial charge in [0.2, 0.25) is 10.0 Å². The fourth-order valence-corrected chi connectivity index (χ4v) is 5.42. The predicted molar refractivity (Wildman–Crippen MR) is 95.7 cm³/mol. The highest BCUT2D eigenvalue weighted by atomic mass is 32.2. The summed E-state index contributed by atoms with van der Waals surface area (Å²) < 4.78 is 26.7. The van der Waals surface area contributed by atoms with Crippen molar-refractivity contribution in [1.82, 2.24) is 4.31 Å². The minimum Gasteiger partial charge on any atom is -0.545 e. The molecule has 3 rings (SSSR count). The molecule has 0 unspecified atom stereocenters. The number of piperidine rings is 1. The zero-order chi connectivity index (χ0) is 18.7. The molecule has 1 aliphatic heterocycles. The Kier molecular flexibility index (Phi) is 5.40. The molecule has 26 heavy (non-hydrogen) atoms. The second-order valence-corrected chi connectivity index (χ2v) is 8.78. The number of rotatable bonds is 5. The average molecular weight is 393 g/mol. The third kappa shape index (κ3) is 3.95. The van der Waals surface area contributed by atoms with Gasteiger partial charge in [-0.1, -0.05) is 18.6 Å². The van der Waals surface area contributed by atoms with Gasteiger partial charge < -0.3 is 15.2 Å². The average Bonchev–Trinajstić information content (AvgIpc) is 3.14. The maximum absolute atomic E-state index is 12.6. The van der Waals surface area contributed by atoms with Crippen LogP contribution in [0.2, 0.25) is 0 Å². The van der Waals surface area contributed by atoms with Gasteiger partial charge in [0, 0.05) is 24.2 Å². The third-order valence-electron chi connectivity index (χ3n) is 4.11. The first-order valence-corrected chi connectivity index (χ1v) is 10.4. The normalized spacial score (nSPS) is 15.5. The van der Waals surface area contributed by atoms with Crippen molar-refractivity contribution in [2.24, 2.45) is 0 Å². The zero-order valence-electron chi connectivity index (χ0n) is 13.8. The Bertz CT molecular complexity index is 930. The lowest BCUT2D eigenvalue weighted by Gasteiger charge is -2.25. The summed E-state index contributed by atoms with van der Waals surface area (Å²) in [5.41, 5.74) is 0.243. The predicted octanol–water partition coefficient (Wildman–Crippen LogP) is 1.54. The Morgan fingerprint density at radius 2 is 1.85 bits per heavy atom. The van der Waals surface area contributed by atoms with E-state index in [4.69, 9.17) is 0 Å². The van der Waals surface area contributed by atoms with Gasteiger partial charge in [-0.05, 0) is 36.6 Å². The number of carboxylic acids is 1. The number of carboxylic acid groups (broad SMARTS) is 1. The molecule has 7 nitrogen and oxygen atoms in total. The molecule has 1 N–H and O–H groups in total. The number of nitrogens with zero attached hydrogens (tertiary/aromatic N) is 1. The maximum Gasteiger partial charge on any atom is 0.265 e. The number of aromatic carboxylic acids is 1. The van der Waals surface area contributed by atoms with E-state index in [-0.39, 0.29) is 15.3 Å². The monoisotopic (exact) mass is 393 g/mol. The van der Waals surface area contributed by atoms with E-state index in [0.717, 1.165) is 30.6 Å². The number of hydrogen-bond donors (Lipinski definition) is 1. The van der Waals surface area contributed by atoms with E-state index in [9.17, 15) is 23.1 Å². The highest BCUT2D eigenvalue weighted by Gasteiger charge is 2.27. The van der Waals surface area contributed by atoms with Crippen LogP contribution >= 0.6 is 11.3 Å². The van der Waals surface area contributed by atoms with Gasteiger partial charge in [0.25, 0.3) is 5.91 Å². The molecule has 0 atom stereocenters. The molecule has 1 aliphatic rings. The van der Waals surface area contributed by atoms with Crippen LogP contribution < -0.4 is 10.4 Å². The number of hydrogen-bond acceptors (Lipinski definition) is 6. The molecule has 2 heterocycles. The molecule has 0 saturated carbocycles. The van der Waals surface area contributed by atoms with Crippen molar-refractivity contribution in [3.63, 3.8) is 0 Å². The quantitative estimate of drug-likeness (QED) is 0.829. The number of amides is 1. The van der Waals surface area contributed by atoms with E-state index in [2.05, 4.69) is 5.32 Å². The number of anilines is 1. The molecule has 9 heteroatoms. The van der Waals surface area contributed by atoms with Crippen molar-refractivity contribution in [3.8, 4) is 0 Å². The van der Waals surface area contributed by atoms with Crippen LogP contribution in [0.15, 0.2) is 40.6 Å². The molecule has 1 saturated heterocycles. The Labute approximate surface area is 155 Å². The van der Waals surface area contributed by atoms with Gasteiger partial charge in [0.05, 0.1) is 15.7 Å². The number of carbonyl (C=O) groups is 2. The highest BCUT2D eigenvalue weighted by molar-refractivity contribution is 7.89. The van der Waals surface area contributed by atoms with Gasteiger partial charge in [0.15, 0.2) is 0 Å². The van der Waals surface area contributed by atoms with E-state index in [1.54, 1.807) is 6.07 Å². The first-order valence-electron chi connectivity index (χ1n) is 8.09. The lowest BCUT2D eigenvalue weighted by atomic mass is 10.2. The van der Waals surface area contributed by atoms with E-state index in [1.165, 1.54) is 34.0 Å². The number of thiophene rings is 1. The van der Waals surface area contributed by atoms with Crippen molar-refractivity contribution in [1.29, 1.82) is 0 Å². The summed E-state index contributed by atoms with van der Waals surface area (Å²) in [6, 6.07) is 7.03. The standard InChI is InChI=1S/C17H18N2O5S2/c20-16(18-13-6-4-5-12(9-13)17(21)22)15-10-14(11-25-15)26(23,24)19-7-2-1-3-8-19/h4-6,9-11H,1-3,7-8H2,(H,18,20)(H,21,22)/p-1. The third-order valence-corrected chi connectivity index (χ3v) is 7.06. The molecular weight excluding hydrogens is 376 g/mol. The minimum atomic E-state index is -3.59. The molecular formula is C17H17N2O5S2-. The van der Waals surface area contributed by atoms with Gasteiger partial charge >= 0.3 is 0 Å². The van der Waals surface area contributed by atoms with Crippen LogP contribution in [-0.4, -0.2) is 37.7 Å². The fraction of sp³-hybridized carbons (Fsp3) is 0.294. The topological polar surface area (TPSA) is 107 Å². The van der Waals surface area contributed by atoms with Crippen LogP contribution in [0.3, 0.4) is 0 Å². The van der Waals surface area contributed by atoms with Gasteiger partial charge in [-0.25, -0.2) is 8.42 Å². The van der Waals surface area contributed by atoms with Crippen LogP contribution in [0.25, 0.3) is 0 Å². The molecule has 0 radical (unpaired) electrons. The lowest BCUT2D eigenvalue weighted by Crippen LogP contribution is -2.35. The summed E-state index contributed by atoms with van der Waals surface area (Å²) in [6.07, 6.45) is 2.70. The van der Waals surface area contributed by atoms with E-state index in [0.29, 0.717) is 18.8 Å². The molecule has 1 aromatic heterocycles. The largest absolute Gasteiger partial charge is 0.545 e. The second kappa shape index (κ2) is 7.56. The summed E-state index contributed by atoms with van der Waals surface area (Å²) in [6.45, 7) is 0.992. The Hall–Kier alpha value is -2.23. The first-order chi connectivity index (χ1) is 12.4. The second-order valence-electron chi connectivity index (χ2n) is 5.93. The van der Waals surface area contributed by atoms with E-state index < -0.39 is 21.9 Å². The van der Waals surface area contributed by atoms with Crippen LogP contribution in [-0.2, 0) is 10.0 Å². The van der Waals surface area contributed by atoms with Crippen LogP contribution in [0.1, 0.15) is 39.3 Å². The SMILES string of the molecule is O=C([O-])c1cccc(NC(=O)c2cc(S(=O)(=O)N3CCCCC3)cs2)c1. The highest BCUT2D eigenvalue weighted by Crippen LogP contribution is 2.26. The van der Waals surface area contributed by atoms with Crippen molar-refractivity contribution >= 4 is 38.9 Å². The zero-order valence-corrected chi connectivity index (χ0v) is 15.4. The van der Waals surface area contributed by atoms with Crippen LogP contribution in [0.4, 0.5) is 5.69 Å². The van der Waals surface area contributed by atoms with Crippen molar-refractivity contribution in [3.05, 3.63) is 46.2 Å². The molecule has 0 bridgehead atoms. The van der Waals surface area contributed by atoms with Crippen LogP contribution in [0, 0.1) is 0 Å². The fourth-order valence-electron chi connectivity index (χ4n) is 2.74. The maximum atomic E-state index is 12.6. The Morgan fingerprint density at radius 1 is 1.12 bits per heavy atom. The van der Waals surface area contributed by atoms with Gasteiger partial charge in [0.1, 0.15) is 0 Å². The summed E-state index contributed by atoms with van der Waals surface area (Å²) >= 11 is 1.03. The van der Waals surface area contributed by atoms with Crippen molar-refractivity contribution in [2.45, 2.75) is 24.2 Å². The summed E-state index contributed by atoms with van der Waals surface area (Å²) in [5, 5.41) is 14.9. The number of sulfonamides is 1.